The van der Waals surface area contributed by atoms with Gasteiger partial charge in [0.05, 0.1) is 0 Å². The first kappa shape index (κ1) is 9.77. The molecular formula is C12H12O3. The fourth-order valence-corrected chi connectivity index (χ4v) is 1.46. The third kappa shape index (κ3) is 1.73. The molecule has 3 nitrogen and oxygen atoms in total. The van der Waals surface area contributed by atoms with Gasteiger partial charge in [0.1, 0.15) is 11.3 Å². The van der Waals surface area contributed by atoms with Crippen LogP contribution in [-0.2, 0) is 4.74 Å². The predicted octanol–water partition coefficient (Wildman–Crippen LogP) is 2.83. The quantitative estimate of drug-likeness (QED) is 0.660. The number of ether oxygens (including phenoxy) is 2. The number of fused-ring (bicyclic) bond motifs is 1. The summed E-state index contributed by atoms with van der Waals surface area (Å²) >= 11 is 0. The van der Waals surface area contributed by atoms with E-state index in [9.17, 15) is 4.79 Å². The summed E-state index contributed by atoms with van der Waals surface area (Å²) < 4.78 is 9.99. The van der Waals surface area contributed by atoms with Gasteiger partial charge < -0.3 is 9.47 Å². The van der Waals surface area contributed by atoms with E-state index in [0.717, 1.165) is 5.56 Å². The SMILES string of the molecule is C=C1OC(=O)c2cc(C(C)C)ccc2O1. The van der Waals surface area contributed by atoms with Crippen molar-refractivity contribution in [2.75, 3.05) is 0 Å². The Morgan fingerprint density at radius 3 is 2.67 bits per heavy atom. The molecule has 1 aliphatic rings. The summed E-state index contributed by atoms with van der Waals surface area (Å²) in [5, 5.41) is 0. The van der Waals surface area contributed by atoms with E-state index in [1.54, 1.807) is 12.1 Å². The Morgan fingerprint density at radius 1 is 1.27 bits per heavy atom. The summed E-state index contributed by atoms with van der Waals surface area (Å²) in [6.45, 7) is 7.59. The molecule has 0 saturated heterocycles. The Bertz CT molecular complexity index is 432. The number of carbonyl (C=O) groups is 1. The number of hydrogen-bond donors (Lipinski definition) is 0. The zero-order chi connectivity index (χ0) is 11.0. The van der Waals surface area contributed by atoms with Crippen LogP contribution in [-0.4, -0.2) is 5.97 Å². The molecule has 0 N–H and O–H groups in total. The summed E-state index contributed by atoms with van der Waals surface area (Å²) in [7, 11) is 0. The lowest BCUT2D eigenvalue weighted by Gasteiger charge is -2.18. The van der Waals surface area contributed by atoms with E-state index in [4.69, 9.17) is 9.47 Å². The van der Waals surface area contributed by atoms with Crippen LogP contribution in [0.3, 0.4) is 0 Å². The molecule has 15 heavy (non-hydrogen) atoms. The molecule has 0 aliphatic carbocycles. The van der Waals surface area contributed by atoms with Gasteiger partial charge in [-0.3, -0.25) is 0 Å². The van der Waals surface area contributed by atoms with Crippen molar-refractivity contribution in [3.8, 4) is 5.75 Å². The van der Waals surface area contributed by atoms with Crippen molar-refractivity contribution < 1.29 is 14.3 Å². The molecule has 1 aliphatic heterocycles. The van der Waals surface area contributed by atoms with Gasteiger partial charge in [-0.2, -0.15) is 0 Å². The first-order valence-corrected chi connectivity index (χ1v) is 4.81. The molecule has 3 heteroatoms. The van der Waals surface area contributed by atoms with Crippen LogP contribution in [0.1, 0.15) is 35.7 Å². The summed E-state index contributed by atoms with van der Waals surface area (Å²) in [5.41, 5.74) is 1.55. The highest BCUT2D eigenvalue weighted by atomic mass is 16.7. The van der Waals surface area contributed by atoms with Crippen LogP contribution < -0.4 is 4.74 Å². The highest BCUT2D eigenvalue weighted by molar-refractivity contribution is 5.94. The third-order valence-electron chi connectivity index (χ3n) is 2.32. The molecule has 0 amide bonds. The van der Waals surface area contributed by atoms with Gasteiger partial charge in [-0.05, 0) is 30.2 Å². The predicted molar refractivity (Wildman–Crippen MR) is 55.7 cm³/mol. The summed E-state index contributed by atoms with van der Waals surface area (Å²) in [6.07, 6.45) is 0. The van der Waals surface area contributed by atoms with Crippen LogP contribution in [0.25, 0.3) is 0 Å². The number of cyclic esters (lactones) is 1. The van der Waals surface area contributed by atoms with Crippen molar-refractivity contribution in [1.82, 2.24) is 0 Å². The van der Waals surface area contributed by atoms with E-state index in [1.165, 1.54) is 0 Å². The van der Waals surface area contributed by atoms with E-state index >= 15 is 0 Å². The molecule has 1 heterocycles. The minimum Gasteiger partial charge on any atom is -0.425 e. The Morgan fingerprint density at radius 2 is 2.00 bits per heavy atom. The molecule has 0 bridgehead atoms. The minimum absolute atomic E-state index is 0.0322. The van der Waals surface area contributed by atoms with E-state index < -0.39 is 5.97 Å². The average molecular weight is 204 g/mol. The van der Waals surface area contributed by atoms with Gasteiger partial charge in [-0.1, -0.05) is 19.9 Å². The number of benzene rings is 1. The molecule has 2 rings (SSSR count). The van der Waals surface area contributed by atoms with E-state index in [-0.39, 0.29) is 5.95 Å². The van der Waals surface area contributed by atoms with Crippen LogP contribution in [0, 0.1) is 0 Å². The fourth-order valence-electron chi connectivity index (χ4n) is 1.46. The van der Waals surface area contributed by atoms with Gasteiger partial charge in [0.2, 0.25) is 0 Å². The van der Waals surface area contributed by atoms with Crippen LogP contribution in [0.4, 0.5) is 0 Å². The van der Waals surface area contributed by atoms with Crippen molar-refractivity contribution in [2.24, 2.45) is 0 Å². The standard InChI is InChI=1S/C12H12O3/c1-7(2)9-4-5-11-10(6-9)12(13)15-8(3)14-11/h4-7H,3H2,1-2H3. The van der Waals surface area contributed by atoms with Gasteiger partial charge in [0.15, 0.2) is 0 Å². The summed E-state index contributed by atoms with van der Waals surface area (Å²) in [4.78, 5) is 11.5. The van der Waals surface area contributed by atoms with Crippen LogP contribution in [0.5, 0.6) is 5.75 Å². The third-order valence-corrected chi connectivity index (χ3v) is 2.32. The molecule has 0 saturated carbocycles. The topological polar surface area (TPSA) is 35.5 Å². The monoisotopic (exact) mass is 204 g/mol. The maximum atomic E-state index is 11.5. The molecule has 0 fully saturated rings. The first-order valence-electron chi connectivity index (χ1n) is 4.81. The number of carbonyl (C=O) groups excluding carboxylic acids is 1. The Balaban J connectivity index is 2.48. The van der Waals surface area contributed by atoms with E-state index in [0.29, 0.717) is 17.2 Å². The summed E-state index contributed by atoms with van der Waals surface area (Å²) in [5.74, 6) is 0.516. The lowest BCUT2D eigenvalue weighted by atomic mass is 10.00. The van der Waals surface area contributed by atoms with Crippen molar-refractivity contribution in [1.29, 1.82) is 0 Å². The van der Waals surface area contributed by atoms with E-state index in [1.807, 2.05) is 6.07 Å². The van der Waals surface area contributed by atoms with Gasteiger partial charge >= 0.3 is 5.97 Å². The molecular weight excluding hydrogens is 192 g/mol. The Hall–Kier alpha value is -1.77. The summed E-state index contributed by atoms with van der Waals surface area (Å²) in [6, 6.07) is 5.51. The molecule has 0 aromatic heterocycles. The molecule has 0 unspecified atom stereocenters. The average Bonchev–Trinajstić information content (AvgIpc) is 2.16. The zero-order valence-electron chi connectivity index (χ0n) is 8.74. The molecule has 1 aromatic rings. The Labute approximate surface area is 88.3 Å². The maximum absolute atomic E-state index is 11.5. The van der Waals surface area contributed by atoms with Crippen molar-refractivity contribution >= 4 is 5.97 Å². The van der Waals surface area contributed by atoms with Crippen molar-refractivity contribution in [3.05, 3.63) is 41.9 Å². The van der Waals surface area contributed by atoms with Crippen molar-refractivity contribution in [2.45, 2.75) is 19.8 Å². The zero-order valence-corrected chi connectivity index (χ0v) is 8.74. The number of esters is 1. The van der Waals surface area contributed by atoms with E-state index in [2.05, 4.69) is 20.4 Å². The normalized spacial score (nSPS) is 14.6. The lowest BCUT2D eigenvalue weighted by Crippen LogP contribution is -2.16. The van der Waals surface area contributed by atoms with Gasteiger partial charge in [0.25, 0.3) is 5.95 Å². The lowest BCUT2D eigenvalue weighted by molar-refractivity contribution is 0.0413. The highest BCUT2D eigenvalue weighted by Crippen LogP contribution is 2.29. The second-order valence-corrected chi connectivity index (χ2v) is 3.77. The van der Waals surface area contributed by atoms with Crippen LogP contribution >= 0.6 is 0 Å². The molecule has 0 spiro atoms. The van der Waals surface area contributed by atoms with Gasteiger partial charge in [0, 0.05) is 0 Å². The molecule has 0 atom stereocenters. The maximum Gasteiger partial charge on any atom is 0.349 e. The largest absolute Gasteiger partial charge is 0.425 e. The minimum atomic E-state index is -0.399. The second-order valence-electron chi connectivity index (χ2n) is 3.77. The van der Waals surface area contributed by atoms with Crippen LogP contribution in [0.15, 0.2) is 30.7 Å². The van der Waals surface area contributed by atoms with Gasteiger partial charge in [-0.15, -0.1) is 0 Å². The fraction of sp³-hybridized carbons (Fsp3) is 0.250. The second kappa shape index (κ2) is 3.42. The highest BCUT2D eigenvalue weighted by Gasteiger charge is 2.23. The Kier molecular flexibility index (Phi) is 2.23. The smallest absolute Gasteiger partial charge is 0.349 e. The van der Waals surface area contributed by atoms with Crippen LogP contribution in [0.2, 0.25) is 0 Å². The molecule has 78 valence electrons. The molecule has 1 aromatic carbocycles. The number of rotatable bonds is 1. The van der Waals surface area contributed by atoms with Crippen molar-refractivity contribution in [3.63, 3.8) is 0 Å². The molecule has 0 radical (unpaired) electrons. The number of hydrogen-bond acceptors (Lipinski definition) is 3. The van der Waals surface area contributed by atoms with Gasteiger partial charge in [-0.25, -0.2) is 4.79 Å². The first-order chi connectivity index (χ1) is 7.08.